The summed E-state index contributed by atoms with van der Waals surface area (Å²) in [5.74, 6) is 0.0410. The Morgan fingerprint density at radius 2 is 2.24 bits per heavy atom. The zero-order chi connectivity index (χ0) is 15.6. The number of amides is 1. The maximum Gasteiger partial charge on any atom is 0.406 e. The van der Waals surface area contributed by atoms with Crippen molar-refractivity contribution in [3.05, 3.63) is 18.2 Å². The third-order valence-electron chi connectivity index (χ3n) is 3.45. The van der Waals surface area contributed by atoms with Crippen molar-refractivity contribution >= 4 is 5.91 Å². The number of hydrogen-bond acceptors (Lipinski definition) is 3. The largest absolute Gasteiger partial charge is 0.406 e. The first-order valence-electron chi connectivity index (χ1n) is 6.83. The van der Waals surface area contributed by atoms with Gasteiger partial charge in [0.25, 0.3) is 0 Å². The second kappa shape index (κ2) is 6.05. The molecule has 21 heavy (non-hydrogen) atoms. The van der Waals surface area contributed by atoms with Crippen LogP contribution in [0.1, 0.15) is 38.2 Å². The number of ether oxygens (including phenoxy) is 1. The van der Waals surface area contributed by atoms with Gasteiger partial charge in [0.1, 0.15) is 24.5 Å². The molecule has 8 heteroatoms. The van der Waals surface area contributed by atoms with Crippen LogP contribution < -0.4 is 0 Å². The Hall–Kier alpha value is -1.57. The van der Waals surface area contributed by atoms with Crippen molar-refractivity contribution in [2.75, 3.05) is 19.7 Å². The first-order valence-corrected chi connectivity index (χ1v) is 6.83. The third kappa shape index (κ3) is 3.55. The van der Waals surface area contributed by atoms with Crippen LogP contribution in [0.3, 0.4) is 0 Å². The number of rotatable bonds is 5. The van der Waals surface area contributed by atoms with Gasteiger partial charge in [0.2, 0.25) is 5.91 Å². The Morgan fingerprint density at radius 3 is 2.86 bits per heavy atom. The Kier molecular flexibility index (Phi) is 4.55. The van der Waals surface area contributed by atoms with Gasteiger partial charge in [-0.25, -0.2) is 4.98 Å². The molecule has 1 aliphatic rings. The molecule has 2 rings (SSSR count). The number of halogens is 3. The van der Waals surface area contributed by atoms with Crippen LogP contribution in [0.15, 0.2) is 12.4 Å². The minimum Gasteiger partial charge on any atom is -0.371 e. The van der Waals surface area contributed by atoms with E-state index in [1.54, 1.807) is 17.7 Å². The fourth-order valence-electron chi connectivity index (χ4n) is 2.58. The highest BCUT2D eigenvalue weighted by Crippen LogP contribution is 2.29. The van der Waals surface area contributed by atoms with E-state index in [0.717, 1.165) is 4.90 Å². The lowest BCUT2D eigenvalue weighted by Gasteiger charge is -2.20. The average Bonchev–Trinajstić information content (AvgIpc) is 2.96. The van der Waals surface area contributed by atoms with Gasteiger partial charge in [-0.3, -0.25) is 4.79 Å². The van der Waals surface area contributed by atoms with Crippen molar-refractivity contribution in [2.24, 2.45) is 0 Å². The van der Waals surface area contributed by atoms with Crippen molar-refractivity contribution in [1.29, 1.82) is 0 Å². The third-order valence-corrected chi connectivity index (χ3v) is 3.45. The zero-order valence-electron chi connectivity index (χ0n) is 11.9. The molecule has 0 saturated carbocycles. The minimum absolute atomic E-state index is 0.101. The summed E-state index contributed by atoms with van der Waals surface area (Å²) in [4.78, 5) is 17.2. The van der Waals surface area contributed by atoms with Crippen LogP contribution in [0.4, 0.5) is 13.2 Å². The molecular formula is C13H18F3N3O2. The molecule has 1 amide bonds. The number of likely N-dealkylation sites (tertiary alicyclic amines) is 1. The average molecular weight is 305 g/mol. The summed E-state index contributed by atoms with van der Waals surface area (Å²) >= 11 is 0. The van der Waals surface area contributed by atoms with Crippen LogP contribution in [0.25, 0.3) is 0 Å². The van der Waals surface area contributed by atoms with Gasteiger partial charge in [-0.05, 0) is 20.3 Å². The molecule has 118 valence electrons. The van der Waals surface area contributed by atoms with Crippen molar-refractivity contribution in [2.45, 2.75) is 38.6 Å². The van der Waals surface area contributed by atoms with E-state index in [2.05, 4.69) is 4.98 Å². The molecule has 1 aromatic heterocycles. The molecule has 1 aliphatic heterocycles. The molecule has 1 aromatic rings. The van der Waals surface area contributed by atoms with Crippen LogP contribution in [0.2, 0.25) is 0 Å². The second-order valence-corrected chi connectivity index (χ2v) is 4.97. The van der Waals surface area contributed by atoms with E-state index in [-0.39, 0.29) is 12.6 Å². The first kappa shape index (κ1) is 15.8. The molecule has 0 radical (unpaired) electrons. The van der Waals surface area contributed by atoms with E-state index in [9.17, 15) is 18.0 Å². The highest BCUT2D eigenvalue weighted by atomic mass is 19.4. The number of carbonyl (C=O) groups is 1. The quantitative estimate of drug-likeness (QED) is 0.839. The number of aromatic nitrogens is 2. The van der Waals surface area contributed by atoms with Crippen LogP contribution in [-0.2, 0) is 9.53 Å². The number of alkyl halides is 3. The number of carbonyl (C=O) groups excluding carboxylic acids is 1. The van der Waals surface area contributed by atoms with Crippen LogP contribution in [0.5, 0.6) is 0 Å². The van der Waals surface area contributed by atoms with E-state index in [4.69, 9.17) is 4.74 Å². The van der Waals surface area contributed by atoms with Gasteiger partial charge in [0.05, 0.1) is 0 Å². The topological polar surface area (TPSA) is 47.4 Å². The monoisotopic (exact) mass is 305 g/mol. The summed E-state index contributed by atoms with van der Waals surface area (Å²) in [5.41, 5.74) is 0. The lowest BCUT2D eigenvalue weighted by atomic mass is 10.2. The second-order valence-electron chi connectivity index (χ2n) is 4.97. The molecule has 0 N–H and O–H groups in total. The van der Waals surface area contributed by atoms with E-state index >= 15 is 0 Å². The lowest BCUT2D eigenvalue weighted by molar-refractivity contribution is -0.158. The molecule has 1 fully saturated rings. The first-order chi connectivity index (χ1) is 9.83. The van der Waals surface area contributed by atoms with Crippen molar-refractivity contribution < 1.29 is 22.7 Å². The zero-order valence-corrected chi connectivity index (χ0v) is 11.9. The van der Waals surface area contributed by atoms with Gasteiger partial charge in [-0.15, -0.1) is 0 Å². The molecule has 5 nitrogen and oxygen atoms in total. The summed E-state index contributed by atoms with van der Waals surface area (Å²) in [6, 6.07) is -0.632. The Morgan fingerprint density at radius 1 is 1.52 bits per heavy atom. The maximum absolute atomic E-state index is 12.4. The van der Waals surface area contributed by atoms with Gasteiger partial charge in [-0.1, -0.05) is 0 Å². The fourth-order valence-corrected chi connectivity index (χ4v) is 2.58. The summed E-state index contributed by atoms with van der Waals surface area (Å²) in [6.07, 6.45) is -1.19. The van der Waals surface area contributed by atoms with E-state index < -0.39 is 24.7 Å². The fraction of sp³-hybridized carbons (Fsp3) is 0.692. The van der Waals surface area contributed by atoms with E-state index in [1.807, 2.05) is 6.92 Å². The predicted molar refractivity (Wildman–Crippen MR) is 68.6 cm³/mol. The van der Waals surface area contributed by atoms with Gasteiger partial charge in [0, 0.05) is 25.5 Å². The van der Waals surface area contributed by atoms with E-state index in [1.165, 1.54) is 6.20 Å². The molecule has 0 bridgehead atoms. The smallest absolute Gasteiger partial charge is 0.371 e. The van der Waals surface area contributed by atoms with Crippen molar-refractivity contribution in [1.82, 2.24) is 14.5 Å². The normalized spacial score (nSPS) is 21.1. The highest BCUT2D eigenvalue weighted by Gasteiger charge is 2.40. The van der Waals surface area contributed by atoms with Crippen LogP contribution >= 0.6 is 0 Å². The number of imidazole rings is 1. The van der Waals surface area contributed by atoms with Crippen LogP contribution in [-0.4, -0.2) is 46.2 Å². The molecule has 2 atom stereocenters. The summed E-state index contributed by atoms with van der Waals surface area (Å²) in [5, 5.41) is 0. The maximum atomic E-state index is 12.4. The molecule has 1 saturated heterocycles. The van der Waals surface area contributed by atoms with Gasteiger partial charge < -0.3 is 14.2 Å². The highest BCUT2D eigenvalue weighted by molar-refractivity contribution is 5.82. The number of nitrogens with zero attached hydrogens (tertiary/aromatic N) is 3. The predicted octanol–water partition coefficient (Wildman–Crippen LogP) is 2.32. The summed E-state index contributed by atoms with van der Waals surface area (Å²) in [7, 11) is 0. The van der Waals surface area contributed by atoms with Gasteiger partial charge in [0.15, 0.2) is 0 Å². The van der Waals surface area contributed by atoms with Crippen molar-refractivity contribution in [3.63, 3.8) is 0 Å². The molecular weight excluding hydrogens is 287 g/mol. The van der Waals surface area contributed by atoms with Crippen LogP contribution in [0, 0.1) is 0 Å². The van der Waals surface area contributed by atoms with Gasteiger partial charge >= 0.3 is 6.18 Å². The molecule has 0 aliphatic carbocycles. The number of hydrogen-bond donors (Lipinski definition) is 0. The molecule has 0 unspecified atom stereocenters. The standard InChI is InChI=1S/C13H18F3N3O2/c1-3-21-9(2)11-17-5-7-19(11)10-4-6-18(12(10)20)8-13(14,15)16/h5,7,9-10H,3-4,6,8H2,1-2H3/t9-,10+/m0/s1. The SMILES string of the molecule is CCO[C@@H](C)c1nccn1[C@@H]1CCN(CC(F)(F)F)C1=O. The molecule has 2 heterocycles. The van der Waals surface area contributed by atoms with Crippen molar-refractivity contribution in [3.8, 4) is 0 Å². The summed E-state index contributed by atoms with van der Waals surface area (Å²) < 4.78 is 44.3. The van der Waals surface area contributed by atoms with E-state index in [0.29, 0.717) is 18.9 Å². The minimum atomic E-state index is -4.37. The Balaban J connectivity index is 2.14. The Bertz CT molecular complexity index is 501. The Labute approximate surface area is 120 Å². The summed E-state index contributed by atoms with van der Waals surface area (Å²) in [6.45, 7) is 3.04. The lowest BCUT2D eigenvalue weighted by Crippen LogP contribution is -2.36. The molecule has 0 spiro atoms. The molecule has 0 aromatic carbocycles. The van der Waals surface area contributed by atoms with Gasteiger partial charge in [-0.2, -0.15) is 13.2 Å².